The number of benzene rings is 2. The summed E-state index contributed by atoms with van der Waals surface area (Å²) in [6, 6.07) is 13.3. The van der Waals surface area contributed by atoms with E-state index in [0.29, 0.717) is 5.56 Å². The maximum absolute atomic E-state index is 12.2. The Morgan fingerprint density at radius 2 is 1.71 bits per heavy atom. The fourth-order valence-electron chi connectivity index (χ4n) is 2.03. The molecule has 112 valence electrons. The Labute approximate surface area is 121 Å². The number of rotatable bonds is 4. The molecule has 1 unspecified atom stereocenters. The summed E-state index contributed by atoms with van der Waals surface area (Å²) in [4.78, 5) is 0. The summed E-state index contributed by atoms with van der Waals surface area (Å²) in [6.45, 7) is 2.00. The van der Waals surface area contributed by atoms with Crippen LogP contribution in [0.2, 0.25) is 0 Å². The summed E-state index contributed by atoms with van der Waals surface area (Å²) in [5, 5.41) is 0. The fourth-order valence-corrected chi connectivity index (χ4v) is 2.03. The lowest BCUT2D eigenvalue weighted by molar-refractivity contribution is -0.274. The van der Waals surface area contributed by atoms with Gasteiger partial charge in [0, 0.05) is 6.04 Å². The van der Waals surface area contributed by atoms with E-state index < -0.39 is 6.36 Å². The van der Waals surface area contributed by atoms with Gasteiger partial charge >= 0.3 is 6.36 Å². The summed E-state index contributed by atoms with van der Waals surface area (Å²) in [6.07, 6.45) is -3.86. The summed E-state index contributed by atoms with van der Waals surface area (Å²) >= 11 is 0. The van der Waals surface area contributed by atoms with Gasteiger partial charge in [0.15, 0.2) is 0 Å². The highest BCUT2D eigenvalue weighted by molar-refractivity contribution is 5.65. The van der Waals surface area contributed by atoms with Crippen LogP contribution in [0.15, 0.2) is 48.5 Å². The quantitative estimate of drug-likeness (QED) is 0.890. The zero-order chi connectivity index (χ0) is 15.5. The monoisotopic (exact) mass is 295 g/mol. The second kappa shape index (κ2) is 6.18. The molecule has 0 aliphatic heterocycles. The lowest BCUT2D eigenvalue weighted by Gasteiger charge is -2.12. The van der Waals surface area contributed by atoms with Crippen molar-refractivity contribution >= 4 is 0 Å². The molecule has 1 atom stereocenters. The van der Waals surface area contributed by atoms with Gasteiger partial charge in [0.05, 0.1) is 0 Å². The highest BCUT2D eigenvalue weighted by atomic mass is 19.4. The molecule has 2 N–H and O–H groups in total. The van der Waals surface area contributed by atoms with Crippen molar-refractivity contribution in [1.29, 1.82) is 0 Å². The summed E-state index contributed by atoms with van der Waals surface area (Å²) in [7, 11) is 0. The molecule has 0 radical (unpaired) electrons. The number of hydrogen-bond acceptors (Lipinski definition) is 2. The molecule has 0 aromatic heterocycles. The number of nitrogens with two attached hydrogens (primary N) is 1. The molecule has 2 rings (SSSR count). The van der Waals surface area contributed by atoms with E-state index >= 15 is 0 Å². The lowest BCUT2D eigenvalue weighted by atomic mass is 10.00. The number of hydrogen-bond donors (Lipinski definition) is 1. The van der Waals surface area contributed by atoms with Gasteiger partial charge in [-0.15, -0.1) is 13.2 Å². The minimum Gasteiger partial charge on any atom is -0.406 e. The Hall–Kier alpha value is -2.01. The number of alkyl halides is 3. The van der Waals surface area contributed by atoms with Gasteiger partial charge < -0.3 is 10.5 Å². The van der Waals surface area contributed by atoms with Gasteiger partial charge in [-0.05, 0) is 35.2 Å². The van der Waals surface area contributed by atoms with Crippen molar-refractivity contribution in [2.75, 3.05) is 0 Å². The molecule has 0 amide bonds. The maximum Gasteiger partial charge on any atom is 0.573 e. The molecule has 0 fully saturated rings. The SMILES string of the molecule is CCC(N)c1ccc(-c2cccc(OC(F)(F)F)c2)cc1. The molecular formula is C16H16F3NO. The molecule has 5 heteroatoms. The summed E-state index contributed by atoms with van der Waals surface area (Å²) < 4.78 is 40.6. The van der Waals surface area contributed by atoms with Crippen LogP contribution in [-0.4, -0.2) is 6.36 Å². The maximum atomic E-state index is 12.2. The van der Waals surface area contributed by atoms with E-state index in [-0.39, 0.29) is 11.8 Å². The molecule has 0 saturated carbocycles. The van der Waals surface area contributed by atoms with Crippen LogP contribution in [0.4, 0.5) is 13.2 Å². The van der Waals surface area contributed by atoms with Crippen molar-refractivity contribution < 1.29 is 17.9 Å². The van der Waals surface area contributed by atoms with Crippen LogP contribution < -0.4 is 10.5 Å². The van der Waals surface area contributed by atoms with Crippen LogP contribution >= 0.6 is 0 Å². The van der Waals surface area contributed by atoms with Gasteiger partial charge in [0.1, 0.15) is 5.75 Å². The molecule has 0 heterocycles. The minimum absolute atomic E-state index is 0.0288. The van der Waals surface area contributed by atoms with Crippen molar-refractivity contribution in [3.63, 3.8) is 0 Å². The zero-order valence-electron chi connectivity index (χ0n) is 11.5. The van der Waals surface area contributed by atoms with E-state index in [2.05, 4.69) is 4.74 Å². The topological polar surface area (TPSA) is 35.2 Å². The van der Waals surface area contributed by atoms with Crippen molar-refractivity contribution in [3.8, 4) is 16.9 Å². The van der Waals surface area contributed by atoms with Gasteiger partial charge in [-0.1, -0.05) is 43.3 Å². The predicted octanol–water partition coefficient (Wildman–Crippen LogP) is 4.66. The van der Waals surface area contributed by atoms with Gasteiger partial charge in [-0.25, -0.2) is 0 Å². The van der Waals surface area contributed by atoms with Gasteiger partial charge in [0.2, 0.25) is 0 Å². The predicted molar refractivity (Wildman–Crippen MR) is 75.8 cm³/mol. The van der Waals surface area contributed by atoms with Crippen LogP contribution in [0.3, 0.4) is 0 Å². The van der Waals surface area contributed by atoms with Gasteiger partial charge in [-0.3, -0.25) is 0 Å². The van der Waals surface area contributed by atoms with Crippen molar-refractivity contribution in [2.24, 2.45) is 5.73 Å². The fraction of sp³-hybridized carbons (Fsp3) is 0.250. The first-order valence-electron chi connectivity index (χ1n) is 6.61. The third-order valence-electron chi connectivity index (χ3n) is 3.18. The highest BCUT2D eigenvalue weighted by Gasteiger charge is 2.31. The molecule has 2 aromatic rings. The van der Waals surface area contributed by atoms with Crippen LogP contribution in [0.1, 0.15) is 24.9 Å². The molecule has 2 nitrogen and oxygen atoms in total. The third-order valence-corrected chi connectivity index (χ3v) is 3.18. The highest BCUT2D eigenvalue weighted by Crippen LogP contribution is 2.28. The molecule has 0 aliphatic rings. The average Bonchev–Trinajstić information content (AvgIpc) is 2.45. The number of ether oxygens (including phenoxy) is 1. The Balaban J connectivity index is 2.24. The number of halogens is 3. The lowest BCUT2D eigenvalue weighted by Crippen LogP contribution is -2.17. The van der Waals surface area contributed by atoms with Gasteiger partial charge in [0.25, 0.3) is 0 Å². The molecule has 0 saturated heterocycles. The molecule has 0 bridgehead atoms. The first-order chi connectivity index (χ1) is 9.89. The van der Waals surface area contributed by atoms with Gasteiger partial charge in [-0.2, -0.15) is 0 Å². The summed E-state index contributed by atoms with van der Waals surface area (Å²) in [5.41, 5.74) is 8.41. The first kappa shape index (κ1) is 15.4. The average molecular weight is 295 g/mol. The Morgan fingerprint density at radius 3 is 2.29 bits per heavy atom. The largest absolute Gasteiger partial charge is 0.573 e. The van der Waals surface area contributed by atoms with Crippen LogP contribution in [0, 0.1) is 0 Å². The second-order valence-electron chi connectivity index (χ2n) is 4.71. The Morgan fingerprint density at radius 1 is 1.05 bits per heavy atom. The van der Waals surface area contributed by atoms with Crippen molar-refractivity contribution in [3.05, 3.63) is 54.1 Å². The summed E-state index contributed by atoms with van der Waals surface area (Å²) in [5.74, 6) is -0.227. The van der Waals surface area contributed by atoms with Crippen molar-refractivity contribution in [1.82, 2.24) is 0 Å². The standard InChI is InChI=1S/C16H16F3NO/c1-2-15(20)12-8-6-11(7-9-12)13-4-3-5-14(10-13)21-16(17,18)19/h3-10,15H,2,20H2,1H3. The second-order valence-corrected chi connectivity index (χ2v) is 4.71. The van der Waals surface area contributed by atoms with Crippen molar-refractivity contribution in [2.45, 2.75) is 25.7 Å². The first-order valence-corrected chi connectivity index (χ1v) is 6.61. The molecule has 0 spiro atoms. The minimum atomic E-state index is -4.68. The molecule has 0 aliphatic carbocycles. The third kappa shape index (κ3) is 4.23. The molecule has 21 heavy (non-hydrogen) atoms. The van der Waals surface area contributed by atoms with E-state index in [4.69, 9.17) is 5.73 Å². The van der Waals surface area contributed by atoms with E-state index in [9.17, 15) is 13.2 Å². The Kier molecular flexibility index (Phi) is 4.53. The Bertz CT molecular complexity index is 593. The van der Waals surface area contributed by atoms with Crippen LogP contribution in [-0.2, 0) is 0 Å². The normalized spacial score (nSPS) is 13.0. The van der Waals surface area contributed by atoms with Crippen LogP contribution in [0.5, 0.6) is 5.75 Å². The van der Waals surface area contributed by atoms with E-state index in [1.54, 1.807) is 6.07 Å². The van der Waals surface area contributed by atoms with Crippen LogP contribution in [0.25, 0.3) is 11.1 Å². The van der Waals surface area contributed by atoms with E-state index in [1.807, 2.05) is 31.2 Å². The zero-order valence-corrected chi connectivity index (χ0v) is 11.5. The molecular weight excluding hydrogens is 279 g/mol. The van der Waals surface area contributed by atoms with E-state index in [1.165, 1.54) is 18.2 Å². The van der Waals surface area contributed by atoms with E-state index in [0.717, 1.165) is 17.5 Å². The smallest absolute Gasteiger partial charge is 0.406 e. The molecule has 2 aromatic carbocycles.